The van der Waals surface area contributed by atoms with Gasteiger partial charge in [0.15, 0.2) is 5.75 Å². The second-order valence-corrected chi connectivity index (χ2v) is 8.99. The maximum atomic E-state index is 12.6. The minimum absolute atomic E-state index is 0.215. The number of hydrogen-bond acceptors (Lipinski definition) is 6. The van der Waals surface area contributed by atoms with E-state index in [0.29, 0.717) is 33.5 Å². The van der Waals surface area contributed by atoms with Crippen LogP contribution in [0, 0.1) is 0 Å². The third kappa shape index (κ3) is 3.41. The van der Waals surface area contributed by atoms with Crippen LogP contribution < -0.4 is 19.1 Å². The van der Waals surface area contributed by atoms with Crippen molar-refractivity contribution in [2.75, 3.05) is 24.7 Å². The maximum absolute atomic E-state index is 12.6. The van der Waals surface area contributed by atoms with E-state index in [-0.39, 0.29) is 19.1 Å². The molecule has 1 aliphatic rings. The van der Waals surface area contributed by atoms with Gasteiger partial charge in [-0.3, -0.25) is 14.1 Å². The molecular weight excluding hydrogens is 406 g/mol. The van der Waals surface area contributed by atoms with Crippen LogP contribution in [0.3, 0.4) is 0 Å². The van der Waals surface area contributed by atoms with Crippen LogP contribution in [0.4, 0.5) is 5.69 Å². The molecule has 1 aromatic heterocycles. The van der Waals surface area contributed by atoms with Gasteiger partial charge in [-0.05, 0) is 29.8 Å². The maximum Gasteiger partial charge on any atom is 0.255 e. The number of methoxy groups -OCH3 is 1. The summed E-state index contributed by atoms with van der Waals surface area (Å²) in [6.07, 6.45) is 2.71. The second kappa shape index (κ2) is 7.49. The Bertz CT molecular complexity index is 1240. The number of sulfonamides is 1. The van der Waals surface area contributed by atoms with Crippen LogP contribution in [0.15, 0.2) is 42.6 Å². The van der Waals surface area contributed by atoms with Gasteiger partial charge in [-0.1, -0.05) is 12.1 Å². The van der Waals surface area contributed by atoms with Crippen molar-refractivity contribution in [1.82, 2.24) is 10.3 Å². The summed E-state index contributed by atoms with van der Waals surface area (Å²) in [4.78, 5) is 17.1. The van der Waals surface area contributed by atoms with E-state index in [1.807, 2.05) is 24.3 Å². The monoisotopic (exact) mass is 427 g/mol. The Hall–Kier alpha value is -3.33. The molecule has 9 heteroatoms. The molecule has 2 heterocycles. The molecule has 0 atom stereocenters. The summed E-state index contributed by atoms with van der Waals surface area (Å²) in [7, 11) is -0.480. The standard InChI is InChI=1S/C21H21N3O5S/c1-24(30(3,26)27)19-15-5-4-10-22-18(15)20(17-16(19)11-23-21(17)25)29-12-13-6-8-14(28-2)9-7-13/h4-10H,11-12H2,1-3H3,(H,23,25). The highest BCUT2D eigenvalue weighted by Gasteiger charge is 2.33. The van der Waals surface area contributed by atoms with Gasteiger partial charge in [-0.15, -0.1) is 0 Å². The lowest BCUT2D eigenvalue weighted by Gasteiger charge is -2.23. The summed E-state index contributed by atoms with van der Waals surface area (Å²) in [5, 5.41) is 3.38. The van der Waals surface area contributed by atoms with E-state index >= 15 is 0 Å². The first kappa shape index (κ1) is 20.0. The second-order valence-electron chi connectivity index (χ2n) is 6.98. The van der Waals surface area contributed by atoms with Crippen molar-refractivity contribution in [3.05, 3.63) is 59.3 Å². The first-order valence-electron chi connectivity index (χ1n) is 9.22. The molecule has 4 rings (SSSR count). The zero-order valence-electron chi connectivity index (χ0n) is 16.8. The Balaban J connectivity index is 1.86. The molecule has 156 valence electrons. The van der Waals surface area contributed by atoms with E-state index < -0.39 is 10.0 Å². The number of rotatable bonds is 6. The van der Waals surface area contributed by atoms with Gasteiger partial charge in [-0.25, -0.2) is 8.42 Å². The quantitative estimate of drug-likeness (QED) is 0.649. The molecule has 1 aliphatic heterocycles. The topological polar surface area (TPSA) is 97.8 Å². The van der Waals surface area contributed by atoms with E-state index in [9.17, 15) is 13.2 Å². The van der Waals surface area contributed by atoms with E-state index in [1.54, 1.807) is 25.4 Å². The molecule has 1 amide bonds. The van der Waals surface area contributed by atoms with Crippen LogP contribution in [0.25, 0.3) is 10.9 Å². The zero-order chi connectivity index (χ0) is 21.5. The number of hydrogen-bond donors (Lipinski definition) is 1. The largest absolute Gasteiger partial charge is 0.497 e. The molecule has 30 heavy (non-hydrogen) atoms. The van der Waals surface area contributed by atoms with E-state index in [0.717, 1.165) is 17.6 Å². The summed E-state index contributed by atoms with van der Waals surface area (Å²) in [6, 6.07) is 10.9. The SMILES string of the molecule is COc1ccc(COc2c3c(c(N(C)S(C)(=O)=O)c4cccnc24)CNC3=O)cc1. The normalized spacial score (nSPS) is 13.1. The van der Waals surface area contributed by atoms with Gasteiger partial charge in [0.05, 0.1) is 24.6 Å². The third-order valence-electron chi connectivity index (χ3n) is 5.10. The highest BCUT2D eigenvalue weighted by atomic mass is 32.2. The predicted octanol–water partition coefficient (Wildman–Crippen LogP) is 2.46. The number of nitrogens with zero attached hydrogens (tertiary/aromatic N) is 2. The Morgan fingerprint density at radius 2 is 1.93 bits per heavy atom. The molecule has 1 N–H and O–H groups in total. The van der Waals surface area contributed by atoms with Crippen molar-refractivity contribution >= 4 is 32.5 Å². The van der Waals surface area contributed by atoms with Crippen molar-refractivity contribution in [2.45, 2.75) is 13.2 Å². The van der Waals surface area contributed by atoms with Crippen molar-refractivity contribution in [3.63, 3.8) is 0 Å². The highest BCUT2D eigenvalue weighted by molar-refractivity contribution is 7.92. The fraction of sp³-hybridized carbons (Fsp3) is 0.238. The number of pyridine rings is 1. The number of amides is 1. The Labute approximate surface area is 174 Å². The highest BCUT2D eigenvalue weighted by Crippen LogP contribution is 2.42. The Kier molecular flexibility index (Phi) is 4.98. The fourth-order valence-electron chi connectivity index (χ4n) is 3.53. The lowest BCUT2D eigenvalue weighted by molar-refractivity contribution is 0.0962. The van der Waals surface area contributed by atoms with Gasteiger partial charge in [0.1, 0.15) is 17.9 Å². The van der Waals surface area contributed by atoms with Crippen LogP contribution in [-0.4, -0.2) is 39.7 Å². The van der Waals surface area contributed by atoms with Crippen LogP contribution in [0.2, 0.25) is 0 Å². The lowest BCUT2D eigenvalue weighted by atomic mass is 10.0. The number of ether oxygens (including phenoxy) is 2. The zero-order valence-corrected chi connectivity index (χ0v) is 17.6. The van der Waals surface area contributed by atoms with Crippen molar-refractivity contribution in [3.8, 4) is 11.5 Å². The van der Waals surface area contributed by atoms with Crippen LogP contribution in [0.1, 0.15) is 21.5 Å². The Morgan fingerprint density at radius 3 is 2.60 bits per heavy atom. The van der Waals surface area contributed by atoms with E-state index in [2.05, 4.69) is 10.3 Å². The van der Waals surface area contributed by atoms with E-state index in [1.165, 1.54) is 11.4 Å². The minimum Gasteiger partial charge on any atom is -0.497 e. The molecule has 0 saturated heterocycles. The van der Waals surface area contributed by atoms with Gasteiger partial charge in [0.2, 0.25) is 10.0 Å². The predicted molar refractivity (Wildman–Crippen MR) is 113 cm³/mol. The third-order valence-corrected chi connectivity index (χ3v) is 6.28. The van der Waals surface area contributed by atoms with Gasteiger partial charge < -0.3 is 14.8 Å². The van der Waals surface area contributed by atoms with Gasteiger partial charge in [-0.2, -0.15) is 0 Å². The summed E-state index contributed by atoms with van der Waals surface area (Å²) in [6.45, 7) is 0.434. The van der Waals surface area contributed by atoms with Crippen molar-refractivity contribution in [1.29, 1.82) is 0 Å². The summed E-state index contributed by atoms with van der Waals surface area (Å²) in [5.74, 6) is 0.766. The first-order chi connectivity index (χ1) is 14.3. The molecule has 8 nitrogen and oxygen atoms in total. The molecule has 0 saturated carbocycles. The number of carbonyl (C=O) groups excluding carboxylic acids is 1. The number of fused-ring (bicyclic) bond motifs is 2. The first-order valence-corrected chi connectivity index (χ1v) is 11.1. The van der Waals surface area contributed by atoms with Gasteiger partial charge in [0.25, 0.3) is 5.91 Å². The number of anilines is 1. The Morgan fingerprint density at radius 1 is 1.20 bits per heavy atom. The summed E-state index contributed by atoms with van der Waals surface area (Å²) >= 11 is 0. The molecule has 2 aromatic carbocycles. The number of carbonyl (C=O) groups is 1. The molecule has 0 fully saturated rings. The molecule has 0 spiro atoms. The summed E-state index contributed by atoms with van der Waals surface area (Å²) < 4.78 is 37.0. The molecule has 0 unspecified atom stereocenters. The number of benzene rings is 2. The molecule has 3 aromatic rings. The van der Waals surface area contributed by atoms with Crippen LogP contribution >= 0.6 is 0 Å². The molecule has 0 radical (unpaired) electrons. The van der Waals surface area contributed by atoms with E-state index in [4.69, 9.17) is 9.47 Å². The van der Waals surface area contributed by atoms with Crippen LogP contribution in [0.5, 0.6) is 11.5 Å². The van der Waals surface area contributed by atoms with Crippen molar-refractivity contribution < 1.29 is 22.7 Å². The van der Waals surface area contributed by atoms with Gasteiger partial charge >= 0.3 is 0 Å². The van der Waals surface area contributed by atoms with Crippen LogP contribution in [-0.2, 0) is 23.2 Å². The fourth-order valence-corrected chi connectivity index (χ4v) is 4.07. The molecular formula is C21H21N3O5S. The molecule has 0 aliphatic carbocycles. The smallest absolute Gasteiger partial charge is 0.255 e. The average Bonchev–Trinajstić information content (AvgIpc) is 3.11. The average molecular weight is 427 g/mol. The molecule has 0 bridgehead atoms. The lowest BCUT2D eigenvalue weighted by Crippen LogP contribution is -2.26. The van der Waals surface area contributed by atoms with Gasteiger partial charge in [0, 0.05) is 30.7 Å². The summed E-state index contributed by atoms with van der Waals surface area (Å²) in [5.41, 5.74) is 2.67. The minimum atomic E-state index is -3.55. The number of aromatic nitrogens is 1. The number of nitrogens with one attached hydrogen (secondary N) is 1. The van der Waals surface area contributed by atoms with Crippen molar-refractivity contribution in [2.24, 2.45) is 0 Å².